The number of hydrogen-bond donors (Lipinski definition) is 2. The summed E-state index contributed by atoms with van der Waals surface area (Å²) in [6, 6.07) is 13.4. The van der Waals surface area contributed by atoms with E-state index in [-0.39, 0.29) is 31.2 Å². The Balaban J connectivity index is 1.86. The van der Waals surface area contributed by atoms with Gasteiger partial charge in [0.25, 0.3) is 0 Å². The summed E-state index contributed by atoms with van der Waals surface area (Å²) >= 11 is 0. The number of aliphatic hydroxyl groups is 1. The normalized spacial score (nSPS) is 13.6. The molecule has 0 aliphatic carbocycles. The van der Waals surface area contributed by atoms with E-state index in [0.29, 0.717) is 0 Å². The molecule has 2 atom stereocenters. The molecule has 8 heteroatoms. The highest BCUT2D eigenvalue weighted by molar-refractivity contribution is 5.76. The van der Waals surface area contributed by atoms with Gasteiger partial charge in [0.05, 0.1) is 5.56 Å². The maximum atomic E-state index is 12.9. The monoisotopic (exact) mass is 396 g/mol. The second-order valence-electron chi connectivity index (χ2n) is 6.45. The zero-order chi connectivity index (χ0) is 20.7. The van der Waals surface area contributed by atoms with Crippen LogP contribution in [0.15, 0.2) is 54.6 Å². The van der Waals surface area contributed by atoms with Crippen molar-refractivity contribution in [3.63, 3.8) is 0 Å². The third-order valence-electron chi connectivity index (χ3n) is 4.16. The van der Waals surface area contributed by atoms with Crippen molar-refractivity contribution in [3.8, 4) is 5.75 Å². The summed E-state index contributed by atoms with van der Waals surface area (Å²) in [5, 5.41) is 10.0. The first-order valence-corrected chi connectivity index (χ1v) is 8.70. The van der Waals surface area contributed by atoms with E-state index < -0.39 is 23.9 Å². The Morgan fingerprint density at radius 3 is 2.39 bits per heavy atom. The highest BCUT2D eigenvalue weighted by atomic mass is 19.4. The molecule has 0 aromatic heterocycles. The van der Waals surface area contributed by atoms with Crippen LogP contribution in [0, 0.1) is 0 Å². The fourth-order valence-corrected chi connectivity index (χ4v) is 2.65. The van der Waals surface area contributed by atoms with Crippen LogP contribution in [0.4, 0.5) is 13.2 Å². The highest BCUT2D eigenvalue weighted by Gasteiger charge is 2.34. The first kappa shape index (κ1) is 21.7. The maximum Gasteiger partial charge on any atom is 0.419 e. The molecule has 0 aliphatic rings. The second-order valence-corrected chi connectivity index (χ2v) is 6.45. The SMILES string of the molecule is CN(CC(O)COc1ccccc1C(F)(F)F)C(=O)CC(N)c1ccccc1. The van der Waals surface area contributed by atoms with Crippen molar-refractivity contribution in [2.45, 2.75) is 24.7 Å². The minimum Gasteiger partial charge on any atom is -0.490 e. The van der Waals surface area contributed by atoms with Gasteiger partial charge in [-0.3, -0.25) is 4.79 Å². The molecule has 2 aromatic carbocycles. The smallest absolute Gasteiger partial charge is 0.419 e. The summed E-state index contributed by atoms with van der Waals surface area (Å²) in [6.07, 6.45) is -5.66. The number of ether oxygens (including phenoxy) is 1. The zero-order valence-electron chi connectivity index (χ0n) is 15.4. The van der Waals surface area contributed by atoms with Crippen LogP contribution in [-0.2, 0) is 11.0 Å². The Bertz CT molecular complexity index is 769. The molecule has 152 valence electrons. The van der Waals surface area contributed by atoms with Crippen LogP contribution in [-0.4, -0.2) is 42.2 Å². The molecule has 1 amide bonds. The summed E-state index contributed by atoms with van der Waals surface area (Å²) < 4.78 is 44.0. The molecule has 2 unspecified atom stereocenters. The van der Waals surface area contributed by atoms with Crippen molar-refractivity contribution >= 4 is 5.91 Å². The highest BCUT2D eigenvalue weighted by Crippen LogP contribution is 2.35. The number of aliphatic hydroxyl groups excluding tert-OH is 1. The Hall–Kier alpha value is -2.58. The minimum absolute atomic E-state index is 0.0466. The van der Waals surface area contributed by atoms with Gasteiger partial charge in [0.2, 0.25) is 5.91 Å². The quantitative estimate of drug-likeness (QED) is 0.719. The molecule has 5 nitrogen and oxygen atoms in total. The van der Waals surface area contributed by atoms with E-state index in [1.807, 2.05) is 30.3 Å². The van der Waals surface area contributed by atoms with Crippen molar-refractivity contribution in [2.75, 3.05) is 20.2 Å². The van der Waals surface area contributed by atoms with Gasteiger partial charge in [0.15, 0.2) is 0 Å². The van der Waals surface area contributed by atoms with Gasteiger partial charge >= 0.3 is 6.18 Å². The van der Waals surface area contributed by atoms with Gasteiger partial charge in [-0.2, -0.15) is 13.2 Å². The van der Waals surface area contributed by atoms with Crippen LogP contribution >= 0.6 is 0 Å². The first-order valence-electron chi connectivity index (χ1n) is 8.70. The van der Waals surface area contributed by atoms with Crippen LogP contribution in [0.5, 0.6) is 5.75 Å². The lowest BCUT2D eigenvalue weighted by atomic mass is 10.0. The first-order chi connectivity index (χ1) is 13.2. The molecule has 0 aliphatic heterocycles. The van der Waals surface area contributed by atoms with E-state index in [2.05, 4.69) is 0 Å². The van der Waals surface area contributed by atoms with Crippen LogP contribution < -0.4 is 10.5 Å². The van der Waals surface area contributed by atoms with Gasteiger partial charge in [-0.1, -0.05) is 42.5 Å². The van der Waals surface area contributed by atoms with Crippen molar-refractivity contribution in [2.24, 2.45) is 5.73 Å². The van der Waals surface area contributed by atoms with E-state index >= 15 is 0 Å². The number of likely N-dealkylation sites (N-methyl/N-ethyl adjacent to an activating group) is 1. The Morgan fingerprint density at radius 2 is 1.75 bits per heavy atom. The molecular formula is C20H23F3N2O3. The largest absolute Gasteiger partial charge is 0.490 e. The van der Waals surface area contributed by atoms with Gasteiger partial charge in [-0.05, 0) is 17.7 Å². The number of para-hydroxylation sites is 1. The molecular weight excluding hydrogens is 373 g/mol. The van der Waals surface area contributed by atoms with Crippen LogP contribution in [0.25, 0.3) is 0 Å². The van der Waals surface area contributed by atoms with Crippen molar-refractivity contribution < 1.29 is 27.8 Å². The number of benzene rings is 2. The Kier molecular flexibility index (Phi) is 7.42. The number of rotatable bonds is 8. The number of halogens is 3. The van der Waals surface area contributed by atoms with E-state index in [0.717, 1.165) is 11.6 Å². The Labute approximate surface area is 161 Å². The summed E-state index contributed by atoms with van der Waals surface area (Å²) in [5.41, 5.74) is 5.92. The Morgan fingerprint density at radius 1 is 1.14 bits per heavy atom. The van der Waals surface area contributed by atoms with Crippen LogP contribution in [0.2, 0.25) is 0 Å². The predicted molar refractivity (Wildman–Crippen MR) is 98.6 cm³/mol. The van der Waals surface area contributed by atoms with Crippen molar-refractivity contribution in [1.82, 2.24) is 4.90 Å². The molecule has 0 saturated carbocycles. The van der Waals surface area contributed by atoms with E-state index in [4.69, 9.17) is 10.5 Å². The summed E-state index contributed by atoms with van der Waals surface area (Å²) in [5.74, 6) is -0.653. The molecule has 0 heterocycles. The minimum atomic E-state index is -4.55. The van der Waals surface area contributed by atoms with Gasteiger partial charge in [0.1, 0.15) is 18.5 Å². The summed E-state index contributed by atoms with van der Waals surface area (Å²) in [6.45, 7) is -0.468. The fraction of sp³-hybridized carbons (Fsp3) is 0.350. The lowest BCUT2D eigenvalue weighted by Gasteiger charge is -2.23. The maximum absolute atomic E-state index is 12.9. The number of carbonyl (C=O) groups excluding carboxylic acids is 1. The second kappa shape index (κ2) is 9.57. The molecule has 2 aromatic rings. The average Bonchev–Trinajstić information content (AvgIpc) is 2.66. The van der Waals surface area contributed by atoms with Crippen molar-refractivity contribution in [1.29, 1.82) is 0 Å². The molecule has 0 bridgehead atoms. The molecule has 0 spiro atoms. The number of alkyl halides is 3. The number of nitrogens with zero attached hydrogens (tertiary/aromatic N) is 1. The third kappa shape index (κ3) is 6.24. The molecule has 0 radical (unpaired) electrons. The molecule has 3 N–H and O–H groups in total. The average molecular weight is 396 g/mol. The van der Waals surface area contributed by atoms with E-state index in [1.54, 1.807) is 0 Å². The number of amides is 1. The van der Waals surface area contributed by atoms with Gasteiger partial charge in [0, 0.05) is 26.1 Å². The number of hydrogen-bond acceptors (Lipinski definition) is 4. The van der Waals surface area contributed by atoms with E-state index in [1.165, 1.54) is 30.1 Å². The number of nitrogens with two attached hydrogens (primary N) is 1. The standard InChI is InChI=1S/C20H23F3N2O3/c1-25(19(27)11-17(24)14-7-3-2-4-8-14)12-15(26)13-28-18-10-6-5-9-16(18)20(21,22)23/h2-10,15,17,26H,11-13,24H2,1H3. The molecule has 2 rings (SSSR count). The van der Waals surface area contributed by atoms with Gasteiger partial charge in [-0.25, -0.2) is 0 Å². The summed E-state index contributed by atoms with van der Waals surface area (Å²) in [7, 11) is 1.49. The number of carbonyl (C=O) groups is 1. The molecule has 28 heavy (non-hydrogen) atoms. The molecule has 0 fully saturated rings. The van der Waals surface area contributed by atoms with E-state index in [9.17, 15) is 23.1 Å². The third-order valence-corrected chi connectivity index (χ3v) is 4.16. The van der Waals surface area contributed by atoms with Gasteiger partial charge < -0.3 is 20.5 Å². The zero-order valence-corrected chi connectivity index (χ0v) is 15.4. The molecule has 0 saturated heterocycles. The fourth-order valence-electron chi connectivity index (χ4n) is 2.65. The van der Waals surface area contributed by atoms with Crippen LogP contribution in [0.3, 0.4) is 0 Å². The lowest BCUT2D eigenvalue weighted by molar-refractivity contribution is -0.139. The van der Waals surface area contributed by atoms with Crippen molar-refractivity contribution in [3.05, 3.63) is 65.7 Å². The topological polar surface area (TPSA) is 75.8 Å². The lowest BCUT2D eigenvalue weighted by Crippen LogP contribution is -2.38. The van der Waals surface area contributed by atoms with Crippen LogP contribution in [0.1, 0.15) is 23.6 Å². The van der Waals surface area contributed by atoms with Gasteiger partial charge in [-0.15, -0.1) is 0 Å². The summed E-state index contributed by atoms with van der Waals surface area (Å²) in [4.78, 5) is 13.6. The predicted octanol–water partition coefficient (Wildman–Crippen LogP) is 2.99.